The van der Waals surface area contributed by atoms with E-state index in [4.69, 9.17) is 0 Å². The van der Waals surface area contributed by atoms with E-state index in [1.807, 2.05) is 13.8 Å². The quantitative estimate of drug-likeness (QED) is 0.840. The van der Waals surface area contributed by atoms with Crippen molar-refractivity contribution < 1.29 is 9.59 Å². The van der Waals surface area contributed by atoms with Crippen molar-refractivity contribution >= 4 is 17.5 Å². The minimum Gasteiger partial charge on any atom is -0.327 e. The molecule has 136 valence electrons. The predicted octanol–water partition coefficient (Wildman–Crippen LogP) is 3.64. The number of likely N-dealkylation sites (tertiary alicyclic amines) is 1. The van der Waals surface area contributed by atoms with Gasteiger partial charge in [0, 0.05) is 12.7 Å². The molecule has 1 fully saturated rings. The molecule has 2 aromatic rings. The maximum Gasteiger partial charge on any atom is 0.313 e. The van der Waals surface area contributed by atoms with E-state index in [0.29, 0.717) is 18.2 Å². The van der Waals surface area contributed by atoms with E-state index in [2.05, 4.69) is 41.5 Å². The van der Waals surface area contributed by atoms with Gasteiger partial charge < -0.3 is 10.2 Å². The number of aromatic nitrogens is 1. The molecule has 0 spiro atoms. The second-order valence-electron chi connectivity index (χ2n) is 7.27. The predicted molar refractivity (Wildman–Crippen MR) is 102 cm³/mol. The van der Waals surface area contributed by atoms with Crippen molar-refractivity contribution in [1.82, 2.24) is 9.88 Å². The maximum atomic E-state index is 12.9. The lowest BCUT2D eigenvalue weighted by Gasteiger charge is -2.38. The van der Waals surface area contributed by atoms with Gasteiger partial charge in [0.05, 0.1) is 17.9 Å². The van der Waals surface area contributed by atoms with Crippen LogP contribution < -0.4 is 5.32 Å². The van der Waals surface area contributed by atoms with Gasteiger partial charge in [0.25, 0.3) is 0 Å². The van der Waals surface area contributed by atoms with Crippen molar-refractivity contribution in [3.63, 3.8) is 0 Å². The SMILES string of the molecule is Cc1ccc([C@H]2CC[C@H](C)CN2C(=O)C(=O)Nc2cncc(C)c2)cc1. The first-order valence-electron chi connectivity index (χ1n) is 9.04. The number of hydrogen-bond acceptors (Lipinski definition) is 3. The van der Waals surface area contributed by atoms with Gasteiger partial charge in [-0.3, -0.25) is 14.6 Å². The van der Waals surface area contributed by atoms with Crippen LogP contribution in [0.2, 0.25) is 0 Å². The highest BCUT2D eigenvalue weighted by molar-refractivity contribution is 6.39. The summed E-state index contributed by atoms with van der Waals surface area (Å²) in [5.74, 6) is -0.707. The molecule has 3 rings (SSSR count). The van der Waals surface area contributed by atoms with Crippen LogP contribution in [0, 0.1) is 19.8 Å². The molecule has 5 nitrogen and oxygen atoms in total. The summed E-state index contributed by atoms with van der Waals surface area (Å²) in [5, 5.41) is 2.68. The van der Waals surface area contributed by atoms with E-state index in [1.54, 1.807) is 23.4 Å². The fourth-order valence-electron chi connectivity index (χ4n) is 3.45. The number of carbonyl (C=O) groups excluding carboxylic acids is 2. The number of benzene rings is 1. The molecule has 0 unspecified atom stereocenters. The Hall–Kier alpha value is -2.69. The zero-order valence-electron chi connectivity index (χ0n) is 15.5. The smallest absolute Gasteiger partial charge is 0.313 e. The van der Waals surface area contributed by atoms with Gasteiger partial charge in [0.1, 0.15) is 0 Å². The van der Waals surface area contributed by atoms with E-state index in [9.17, 15) is 9.59 Å². The molecule has 0 saturated carbocycles. The summed E-state index contributed by atoms with van der Waals surface area (Å²) < 4.78 is 0. The zero-order valence-corrected chi connectivity index (χ0v) is 15.5. The van der Waals surface area contributed by atoms with Crippen molar-refractivity contribution in [2.24, 2.45) is 5.92 Å². The van der Waals surface area contributed by atoms with Crippen LogP contribution in [0.5, 0.6) is 0 Å². The number of amides is 2. The van der Waals surface area contributed by atoms with Gasteiger partial charge in [0.15, 0.2) is 0 Å². The topological polar surface area (TPSA) is 62.3 Å². The van der Waals surface area contributed by atoms with Crippen molar-refractivity contribution in [3.8, 4) is 0 Å². The summed E-state index contributed by atoms with van der Waals surface area (Å²) in [6.45, 7) is 6.65. The van der Waals surface area contributed by atoms with E-state index in [1.165, 1.54) is 5.56 Å². The molecular weight excluding hydrogens is 326 g/mol. The average Bonchev–Trinajstić information content (AvgIpc) is 2.62. The standard InChI is InChI=1S/C21H25N3O2/c1-14-4-7-17(8-5-14)19-9-6-15(2)13-24(19)21(26)20(25)23-18-10-16(3)11-22-12-18/h4-5,7-8,10-12,15,19H,6,9,13H2,1-3H3,(H,23,25)/t15-,19+/m0/s1. The van der Waals surface area contributed by atoms with Gasteiger partial charge in [-0.25, -0.2) is 0 Å². The highest BCUT2D eigenvalue weighted by Gasteiger charge is 2.34. The van der Waals surface area contributed by atoms with E-state index < -0.39 is 11.8 Å². The number of anilines is 1. The number of rotatable bonds is 2. The number of carbonyl (C=O) groups is 2. The number of nitrogens with zero attached hydrogens (tertiary/aromatic N) is 2. The molecule has 2 amide bonds. The van der Waals surface area contributed by atoms with Crippen LogP contribution in [0.4, 0.5) is 5.69 Å². The Bertz CT molecular complexity index is 801. The molecule has 1 N–H and O–H groups in total. The largest absolute Gasteiger partial charge is 0.327 e. The molecule has 1 aliphatic rings. The maximum absolute atomic E-state index is 12.9. The zero-order chi connectivity index (χ0) is 18.7. The molecule has 2 atom stereocenters. The Morgan fingerprint density at radius 2 is 1.81 bits per heavy atom. The minimum atomic E-state index is -0.608. The van der Waals surface area contributed by atoms with Gasteiger partial charge in [0.2, 0.25) is 0 Å². The highest BCUT2D eigenvalue weighted by atomic mass is 16.2. The van der Waals surface area contributed by atoms with Gasteiger partial charge in [-0.15, -0.1) is 0 Å². The molecular formula is C21H25N3O2. The molecule has 1 saturated heterocycles. The highest BCUT2D eigenvalue weighted by Crippen LogP contribution is 2.33. The fraction of sp³-hybridized carbons (Fsp3) is 0.381. The third-order valence-electron chi connectivity index (χ3n) is 4.87. The first kappa shape index (κ1) is 18.1. The fourth-order valence-corrected chi connectivity index (χ4v) is 3.45. The minimum absolute atomic E-state index is 0.0549. The van der Waals surface area contributed by atoms with Crippen LogP contribution in [0.1, 0.15) is 42.5 Å². The number of piperidine rings is 1. The van der Waals surface area contributed by atoms with Gasteiger partial charge in [-0.1, -0.05) is 36.8 Å². The Morgan fingerprint density at radius 1 is 1.08 bits per heavy atom. The lowest BCUT2D eigenvalue weighted by atomic mass is 9.89. The van der Waals surface area contributed by atoms with Crippen molar-refractivity contribution in [2.75, 3.05) is 11.9 Å². The summed E-state index contributed by atoms with van der Waals surface area (Å²) >= 11 is 0. The summed E-state index contributed by atoms with van der Waals surface area (Å²) in [6, 6.07) is 9.95. The van der Waals surface area contributed by atoms with Crippen LogP contribution >= 0.6 is 0 Å². The number of aryl methyl sites for hydroxylation is 2. The molecule has 0 aliphatic carbocycles. The number of pyridine rings is 1. The van der Waals surface area contributed by atoms with Crippen molar-refractivity contribution in [3.05, 3.63) is 59.4 Å². The monoisotopic (exact) mass is 351 g/mol. The van der Waals surface area contributed by atoms with Gasteiger partial charge in [-0.2, -0.15) is 0 Å². The van der Waals surface area contributed by atoms with Gasteiger partial charge in [-0.05, 0) is 49.8 Å². The molecule has 26 heavy (non-hydrogen) atoms. The first-order valence-corrected chi connectivity index (χ1v) is 9.04. The summed E-state index contributed by atoms with van der Waals surface area (Å²) in [7, 11) is 0. The second kappa shape index (κ2) is 7.68. The van der Waals surface area contributed by atoms with Crippen LogP contribution in [0.25, 0.3) is 0 Å². The molecule has 5 heteroatoms. The molecule has 1 aromatic carbocycles. The van der Waals surface area contributed by atoms with E-state index in [0.717, 1.165) is 24.0 Å². The number of nitrogens with one attached hydrogen (secondary N) is 1. The molecule has 1 aromatic heterocycles. The van der Waals surface area contributed by atoms with Crippen LogP contribution in [-0.4, -0.2) is 28.2 Å². The third-order valence-corrected chi connectivity index (χ3v) is 4.87. The lowest BCUT2D eigenvalue weighted by Crippen LogP contribution is -2.46. The van der Waals surface area contributed by atoms with E-state index >= 15 is 0 Å². The molecule has 1 aliphatic heterocycles. The van der Waals surface area contributed by atoms with Crippen molar-refractivity contribution in [2.45, 2.75) is 39.7 Å². The Balaban J connectivity index is 1.79. The molecule has 0 radical (unpaired) electrons. The normalized spacial score (nSPS) is 19.9. The lowest BCUT2D eigenvalue weighted by molar-refractivity contribution is -0.146. The Kier molecular flexibility index (Phi) is 5.35. The second-order valence-corrected chi connectivity index (χ2v) is 7.27. The van der Waals surface area contributed by atoms with Crippen LogP contribution in [-0.2, 0) is 9.59 Å². The Labute approximate surface area is 154 Å². The summed E-state index contributed by atoms with van der Waals surface area (Å²) in [5.41, 5.74) is 3.74. The summed E-state index contributed by atoms with van der Waals surface area (Å²) in [6.07, 6.45) is 5.17. The number of hydrogen-bond donors (Lipinski definition) is 1. The Morgan fingerprint density at radius 3 is 2.50 bits per heavy atom. The van der Waals surface area contributed by atoms with Crippen molar-refractivity contribution in [1.29, 1.82) is 0 Å². The average molecular weight is 351 g/mol. The van der Waals surface area contributed by atoms with E-state index in [-0.39, 0.29) is 6.04 Å². The first-order chi connectivity index (χ1) is 12.4. The molecule has 0 bridgehead atoms. The molecule has 2 heterocycles. The van der Waals surface area contributed by atoms with Crippen LogP contribution in [0.15, 0.2) is 42.7 Å². The van der Waals surface area contributed by atoms with Gasteiger partial charge >= 0.3 is 11.8 Å². The third kappa shape index (κ3) is 4.10. The summed E-state index contributed by atoms with van der Waals surface area (Å²) in [4.78, 5) is 31.2. The van der Waals surface area contributed by atoms with Crippen LogP contribution in [0.3, 0.4) is 0 Å².